The zero-order chi connectivity index (χ0) is 15.1. The third-order valence-electron chi connectivity index (χ3n) is 3.14. The SMILES string of the molecule is CCCN(CC(=O)O)C(CC)c1cccc([N+](=O)[O-])c1. The van der Waals surface area contributed by atoms with E-state index in [1.165, 1.54) is 12.1 Å². The van der Waals surface area contributed by atoms with Gasteiger partial charge in [-0.3, -0.25) is 19.8 Å². The summed E-state index contributed by atoms with van der Waals surface area (Å²) in [5.41, 5.74) is 0.823. The number of rotatable bonds is 8. The molecular formula is C14H20N2O4. The van der Waals surface area contributed by atoms with Crippen molar-refractivity contribution in [3.8, 4) is 0 Å². The van der Waals surface area contributed by atoms with E-state index in [0.717, 1.165) is 12.0 Å². The highest BCUT2D eigenvalue weighted by Crippen LogP contribution is 2.27. The van der Waals surface area contributed by atoms with E-state index < -0.39 is 10.9 Å². The number of carbonyl (C=O) groups is 1. The van der Waals surface area contributed by atoms with E-state index in [1.54, 1.807) is 6.07 Å². The number of non-ortho nitro benzene ring substituents is 1. The van der Waals surface area contributed by atoms with Crippen molar-refractivity contribution < 1.29 is 14.8 Å². The minimum absolute atomic E-state index is 0.0349. The second-order valence-corrected chi connectivity index (χ2v) is 4.64. The molecule has 1 atom stereocenters. The quantitative estimate of drug-likeness (QED) is 0.584. The largest absolute Gasteiger partial charge is 0.480 e. The van der Waals surface area contributed by atoms with Crippen LogP contribution in [-0.2, 0) is 4.79 Å². The highest BCUT2D eigenvalue weighted by Gasteiger charge is 2.21. The van der Waals surface area contributed by atoms with Crippen LogP contribution < -0.4 is 0 Å². The fraction of sp³-hybridized carbons (Fsp3) is 0.500. The van der Waals surface area contributed by atoms with Crippen LogP contribution in [0.1, 0.15) is 38.3 Å². The summed E-state index contributed by atoms with van der Waals surface area (Å²) in [5, 5.41) is 19.8. The van der Waals surface area contributed by atoms with E-state index in [0.29, 0.717) is 13.0 Å². The average Bonchev–Trinajstić information content (AvgIpc) is 2.39. The van der Waals surface area contributed by atoms with Gasteiger partial charge in [0.1, 0.15) is 0 Å². The van der Waals surface area contributed by atoms with Gasteiger partial charge in [0.25, 0.3) is 5.69 Å². The van der Waals surface area contributed by atoms with Crippen molar-refractivity contribution in [3.63, 3.8) is 0 Å². The predicted octanol–water partition coefficient (Wildman–Crippen LogP) is 2.84. The molecule has 20 heavy (non-hydrogen) atoms. The fourth-order valence-corrected chi connectivity index (χ4v) is 2.36. The molecule has 0 aromatic heterocycles. The van der Waals surface area contributed by atoms with E-state index in [2.05, 4.69) is 0 Å². The van der Waals surface area contributed by atoms with Crippen LogP contribution in [0.15, 0.2) is 24.3 Å². The summed E-state index contributed by atoms with van der Waals surface area (Å²) >= 11 is 0. The van der Waals surface area contributed by atoms with Gasteiger partial charge in [-0.2, -0.15) is 0 Å². The second-order valence-electron chi connectivity index (χ2n) is 4.64. The summed E-state index contributed by atoms with van der Waals surface area (Å²) in [5.74, 6) is -0.887. The first-order chi connectivity index (χ1) is 9.49. The molecule has 0 fully saturated rings. The number of hydrogen-bond donors (Lipinski definition) is 1. The van der Waals surface area contributed by atoms with Gasteiger partial charge >= 0.3 is 5.97 Å². The zero-order valence-electron chi connectivity index (χ0n) is 11.8. The molecule has 1 aromatic carbocycles. The van der Waals surface area contributed by atoms with Crippen LogP contribution in [0.25, 0.3) is 0 Å². The average molecular weight is 280 g/mol. The number of nitro groups is 1. The summed E-state index contributed by atoms with van der Waals surface area (Å²) in [4.78, 5) is 23.2. The molecule has 0 saturated heterocycles. The third kappa shape index (κ3) is 4.31. The Morgan fingerprint density at radius 1 is 1.45 bits per heavy atom. The molecule has 1 N–H and O–H groups in total. The summed E-state index contributed by atoms with van der Waals surface area (Å²) in [6, 6.07) is 6.30. The first kappa shape index (κ1) is 16.1. The molecule has 0 aliphatic heterocycles. The molecular weight excluding hydrogens is 260 g/mol. The van der Waals surface area contributed by atoms with Gasteiger partial charge < -0.3 is 5.11 Å². The topological polar surface area (TPSA) is 83.7 Å². The Balaban J connectivity index is 3.05. The minimum atomic E-state index is -0.887. The molecule has 6 heteroatoms. The molecule has 0 bridgehead atoms. The van der Waals surface area contributed by atoms with Crippen LogP contribution >= 0.6 is 0 Å². The molecule has 1 unspecified atom stereocenters. The van der Waals surface area contributed by atoms with Crippen LogP contribution in [0.2, 0.25) is 0 Å². The van der Waals surface area contributed by atoms with Crippen LogP contribution in [0, 0.1) is 10.1 Å². The molecule has 1 aromatic rings. The number of carboxylic acids is 1. The Morgan fingerprint density at radius 2 is 2.15 bits per heavy atom. The number of nitrogens with zero attached hydrogens (tertiary/aromatic N) is 2. The van der Waals surface area contributed by atoms with Crippen LogP contribution in [0.3, 0.4) is 0 Å². The van der Waals surface area contributed by atoms with E-state index in [4.69, 9.17) is 5.11 Å². The Morgan fingerprint density at radius 3 is 2.65 bits per heavy atom. The molecule has 1 rings (SSSR count). The Hall–Kier alpha value is -1.95. The first-order valence-corrected chi connectivity index (χ1v) is 6.69. The van der Waals surface area contributed by atoms with Crippen molar-refractivity contribution in [1.82, 2.24) is 4.90 Å². The number of hydrogen-bond acceptors (Lipinski definition) is 4. The van der Waals surface area contributed by atoms with Gasteiger partial charge in [0.05, 0.1) is 11.5 Å². The van der Waals surface area contributed by atoms with Crippen LogP contribution in [0.5, 0.6) is 0 Å². The van der Waals surface area contributed by atoms with E-state index in [9.17, 15) is 14.9 Å². The molecule has 6 nitrogen and oxygen atoms in total. The van der Waals surface area contributed by atoms with Crippen molar-refractivity contribution in [2.45, 2.75) is 32.7 Å². The van der Waals surface area contributed by atoms with Crippen LogP contribution in [-0.4, -0.2) is 34.0 Å². The van der Waals surface area contributed by atoms with Crippen LogP contribution in [0.4, 0.5) is 5.69 Å². The molecule has 0 amide bonds. The van der Waals surface area contributed by atoms with Gasteiger partial charge in [0.15, 0.2) is 0 Å². The maximum atomic E-state index is 11.0. The minimum Gasteiger partial charge on any atom is -0.480 e. The molecule has 110 valence electrons. The molecule has 0 aliphatic rings. The van der Waals surface area contributed by atoms with Gasteiger partial charge in [-0.1, -0.05) is 26.0 Å². The molecule has 0 radical (unpaired) electrons. The first-order valence-electron chi connectivity index (χ1n) is 6.69. The number of nitro benzene ring substituents is 1. The van der Waals surface area contributed by atoms with Gasteiger partial charge in [-0.15, -0.1) is 0 Å². The lowest BCUT2D eigenvalue weighted by molar-refractivity contribution is -0.385. The molecule has 0 saturated carbocycles. The summed E-state index contributed by atoms with van der Waals surface area (Å²) in [6.45, 7) is 4.52. The monoisotopic (exact) mass is 280 g/mol. The van der Waals surface area contributed by atoms with Crippen molar-refractivity contribution in [2.75, 3.05) is 13.1 Å². The zero-order valence-corrected chi connectivity index (χ0v) is 11.8. The number of carboxylic acid groups (broad SMARTS) is 1. The van der Waals surface area contributed by atoms with Crippen molar-refractivity contribution in [1.29, 1.82) is 0 Å². The molecule has 0 spiro atoms. The number of aliphatic carboxylic acids is 1. The Bertz CT molecular complexity index is 476. The Labute approximate surface area is 118 Å². The van der Waals surface area contributed by atoms with Crippen molar-refractivity contribution >= 4 is 11.7 Å². The molecule has 0 aliphatic carbocycles. The van der Waals surface area contributed by atoms with Gasteiger partial charge in [-0.25, -0.2) is 0 Å². The van der Waals surface area contributed by atoms with Gasteiger partial charge in [-0.05, 0) is 24.9 Å². The lowest BCUT2D eigenvalue weighted by Crippen LogP contribution is -2.34. The fourth-order valence-electron chi connectivity index (χ4n) is 2.36. The lowest BCUT2D eigenvalue weighted by atomic mass is 10.0. The maximum absolute atomic E-state index is 11.0. The van der Waals surface area contributed by atoms with Crippen molar-refractivity contribution in [2.24, 2.45) is 0 Å². The molecule has 0 heterocycles. The van der Waals surface area contributed by atoms with E-state index >= 15 is 0 Å². The lowest BCUT2D eigenvalue weighted by Gasteiger charge is -2.29. The van der Waals surface area contributed by atoms with Crippen molar-refractivity contribution in [3.05, 3.63) is 39.9 Å². The predicted molar refractivity (Wildman–Crippen MR) is 75.6 cm³/mol. The second kappa shape index (κ2) is 7.59. The third-order valence-corrected chi connectivity index (χ3v) is 3.14. The Kier molecular flexibility index (Phi) is 6.11. The van der Waals surface area contributed by atoms with E-state index in [1.807, 2.05) is 24.8 Å². The standard InChI is InChI=1S/C14H20N2O4/c1-3-8-15(10-14(17)18)13(4-2)11-6-5-7-12(9-11)16(19)20/h5-7,9,13H,3-4,8,10H2,1-2H3,(H,17,18). The van der Waals surface area contributed by atoms with E-state index in [-0.39, 0.29) is 18.3 Å². The normalized spacial score (nSPS) is 12.3. The smallest absolute Gasteiger partial charge is 0.317 e. The maximum Gasteiger partial charge on any atom is 0.317 e. The van der Waals surface area contributed by atoms with Gasteiger partial charge in [0.2, 0.25) is 0 Å². The summed E-state index contributed by atoms with van der Waals surface area (Å²) < 4.78 is 0. The summed E-state index contributed by atoms with van der Waals surface area (Å²) in [6.07, 6.45) is 1.53. The highest BCUT2D eigenvalue weighted by atomic mass is 16.6. The highest BCUT2D eigenvalue weighted by molar-refractivity contribution is 5.69. The summed E-state index contributed by atoms with van der Waals surface area (Å²) in [7, 11) is 0. The number of benzene rings is 1. The van der Waals surface area contributed by atoms with Gasteiger partial charge in [0, 0.05) is 18.2 Å².